The summed E-state index contributed by atoms with van der Waals surface area (Å²) in [4.78, 5) is 31.7. The van der Waals surface area contributed by atoms with Gasteiger partial charge in [0.15, 0.2) is 5.13 Å². The van der Waals surface area contributed by atoms with Gasteiger partial charge in [-0.25, -0.2) is 4.98 Å². The summed E-state index contributed by atoms with van der Waals surface area (Å²) < 4.78 is 1.74. The second-order valence-electron chi connectivity index (χ2n) is 6.19. The van der Waals surface area contributed by atoms with Crippen LogP contribution in [0.15, 0.2) is 46.9 Å². The lowest BCUT2D eigenvalue weighted by molar-refractivity contribution is -0.384. The molecule has 1 aliphatic rings. The molecule has 138 valence electrons. The van der Waals surface area contributed by atoms with Crippen molar-refractivity contribution in [2.75, 3.05) is 31.1 Å². The number of thiazole rings is 1. The molecule has 27 heavy (non-hydrogen) atoms. The Kier molecular flexibility index (Phi) is 4.79. The highest BCUT2D eigenvalue weighted by atomic mass is 79.9. The zero-order valence-electron chi connectivity index (χ0n) is 14.2. The van der Waals surface area contributed by atoms with E-state index in [9.17, 15) is 14.9 Å². The van der Waals surface area contributed by atoms with Crippen LogP contribution in [0.25, 0.3) is 10.2 Å². The Balaban J connectivity index is 1.46. The lowest BCUT2D eigenvalue weighted by atomic mass is 10.2. The molecule has 1 fully saturated rings. The van der Waals surface area contributed by atoms with E-state index in [1.165, 1.54) is 17.4 Å². The molecule has 2 heterocycles. The average Bonchev–Trinajstić information content (AvgIpc) is 3.11. The van der Waals surface area contributed by atoms with Gasteiger partial charge >= 0.3 is 0 Å². The number of aromatic nitrogens is 1. The number of nitro groups is 1. The highest BCUT2D eigenvalue weighted by molar-refractivity contribution is 9.10. The Labute approximate surface area is 167 Å². The quantitative estimate of drug-likeness (QED) is 0.449. The van der Waals surface area contributed by atoms with E-state index in [1.54, 1.807) is 12.1 Å². The molecule has 7 nitrogen and oxygen atoms in total. The fraction of sp³-hybridized carbons (Fsp3) is 0.222. The Morgan fingerprint density at radius 1 is 1.11 bits per heavy atom. The molecular formula is C18H15BrN4O3S. The minimum absolute atomic E-state index is 0.0297. The number of hydrogen-bond acceptors (Lipinski definition) is 6. The molecule has 9 heteroatoms. The maximum atomic E-state index is 12.6. The van der Waals surface area contributed by atoms with Crippen molar-refractivity contribution in [3.05, 3.63) is 62.6 Å². The SMILES string of the molecule is O=C(c1ccc(Br)cc1)N1CCN(c2nc3ccc([N+](=O)[O-])cc3s2)CC1. The zero-order chi connectivity index (χ0) is 19.0. The number of non-ortho nitro benzene ring substituents is 1. The fourth-order valence-corrected chi connectivity index (χ4v) is 4.34. The van der Waals surface area contributed by atoms with Gasteiger partial charge in [0.25, 0.3) is 11.6 Å². The van der Waals surface area contributed by atoms with Gasteiger partial charge in [0.1, 0.15) is 0 Å². The third kappa shape index (κ3) is 3.65. The number of fused-ring (bicyclic) bond motifs is 1. The summed E-state index contributed by atoms with van der Waals surface area (Å²) in [5, 5.41) is 11.8. The van der Waals surface area contributed by atoms with Gasteiger partial charge in [-0.05, 0) is 30.3 Å². The molecule has 0 saturated carbocycles. The Morgan fingerprint density at radius 2 is 1.81 bits per heavy atom. The number of benzene rings is 2. The summed E-state index contributed by atoms with van der Waals surface area (Å²) in [6, 6.07) is 12.1. The molecular weight excluding hydrogens is 432 g/mol. The molecule has 1 aromatic heterocycles. The van der Waals surface area contributed by atoms with E-state index in [-0.39, 0.29) is 11.6 Å². The minimum Gasteiger partial charge on any atom is -0.345 e. The van der Waals surface area contributed by atoms with Crippen LogP contribution in [-0.2, 0) is 0 Å². The molecule has 0 N–H and O–H groups in total. The molecule has 0 aliphatic carbocycles. The van der Waals surface area contributed by atoms with Crippen LogP contribution in [0.1, 0.15) is 10.4 Å². The monoisotopic (exact) mass is 446 g/mol. The normalized spacial score (nSPS) is 14.6. The number of carbonyl (C=O) groups excluding carboxylic acids is 1. The molecule has 3 aromatic rings. The first-order chi connectivity index (χ1) is 13.0. The van der Waals surface area contributed by atoms with Crippen molar-refractivity contribution in [1.29, 1.82) is 0 Å². The lowest BCUT2D eigenvalue weighted by Crippen LogP contribution is -2.48. The molecule has 1 saturated heterocycles. The lowest BCUT2D eigenvalue weighted by Gasteiger charge is -2.34. The maximum Gasteiger partial charge on any atom is 0.270 e. The number of amides is 1. The highest BCUT2D eigenvalue weighted by Gasteiger charge is 2.24. The largest absolute Gasteiger partial charge is 0.345 e. The van der Waals surface area contributed by atoms with E-state index >= 15 is 0 Å². The first-order valence-electron chi connectivity index (χ1n) is 8.36. The third-order valence-corrected chi connectivity index (χ3v) is 6.11. The summed E-state index contributed by atoms with van der Waals surface area (Å²) in [6.07, 6.45) is 0. The molecule has 0 radical (unpaired) electrons. The summed E-state index contributed by atoms with van der Waals surface area (Å²) >= 11 is 4.82. The van der Waals surface area contributed by atoms with Crippen LogP contribution in [0.2, 0.25) is 0 Å². The first-order valence-corrected chi connectivity index (χ1v) is 9.97. The number of rotatable bonds is 3. The van der Waals surface area contributed by atoms with Gasteiger partial charge in [-0.2, -0.15) is 0 Å². The van der Waals surface area contributed by atoms with Gasteiger partial charge < -0.3 is 9.80 Å². The number of carbonyl (C=O) groups is 1. The fourth-order valence-electron chi connectivity index (χ4n) is 3.03. The standard InChI is InChI=1S/C18H15BrN4O3S/c19-13-3-1-12(2-4-13)17(24)21-7-9-22(10-8-21)18-20-15-6-5-14(23(25)26)11-16(15)27-18/h1-6,11H,7-10H2. The molecule has 2 aromatic carbocycles. The van der Waals surface area contributed by atoms with Crippen LogP contribution in [0.3, 0.4) is 0 Å². The van der Waals surface area contributed by atoms with Crippen molar-refractivity contribution in [2.45, 2.75) is 0 Å². The van der Waals surface area contributed by atoms with Crippen LogP contribution in [0, 0.1) is 10.1 Å². The Morgan fingerprint density at radius 3 is 2.48 bits per heavy atom. The Hall–Kier alpha value is -2.52. The average molecular weight is 447 g/mol. The van der Waals surface area contributed by atoms with Crippen molar-refractivity contribution in [3.63, 3.8) is 0 Å². The van der Waals surface area contributed by atoms with Crippen molar-refractivity contribution in [1.82, 2.24) is 9.88 Å². The van der Waals surface area contributed by atoms with Crippen molar-refractivity contribution in [3.8, 4) is 0 Å². The molecule has 0 bridgehead atoms. The van der Waals surface area contributed by atoms with Gasteiger partial charge in [0, 0.05) is 48.3 Å². The first kappa shape index (κ1) is 17.9. The van der Waals surface area contributed by atoms with Crippen molar-refractivity contribution < 1.29 is 9.72 Å². The van der Waals surface area contributed by atoms with Crippen LogP contribution < -0.4 is 4.90 Å². The van der Waals surface area contributed by atoms with E-state index in [1.807, 2.05) is 29.2 Å². The van der Waals surface area contributed by atoms with E-state index in [4.69, 9.17) is 0 Å². The summed E-state index contributed by atoms with van der Waals surface area (Å²) in [7, 11) is 0. The highest BCUT2D eigenvalue weighted by Crippen LogP contribution is 2.32. The third-order valence-electron chi connectivity index (χ3n) is 4.50. The molecule has 4 rings (SSSR count). The predicted octanol–water partition coefficient (Wildman–Crippen LogP) is 3.93. The zero-order valence-corrected chi connectivity index (χ0v) is 16.6. The second-order valence-corrected chi connectivity index (χ2v) is 8.12. The van der Waals surface area contributed by atoms with Gasteiger partial charge in [-0.15, -0.1) is 0 Å². The van der Waals surface area contributed by atoms with E-state index < -0.39 is 4.92 Å². The van der Waals surface area contributed by atoms with Crippen molar-refractivity contribution >= 4 is 54.2 Å². The van der Waals surface area contributed by atoms with E-state index in [0.29, 0.717) is 31.7 Å². The number of nitro benzene ring substituents is 1. The van der Waals surface area contributed by atoms with E-state index in [2.05, 4.69) is 25.8 Å². The van der Waals surface area contributed by atoms with Gasteiger partial charge in [-0.3, -0.25) is 14.9 Å². The smallest absolute Gasteiger partial charge is 0.270 e. The molecule has 1 aliphatic heterocycles. The molecule has 0 spiro atoms. The number of halogens is 1. The number of hydrogen-bond donors (Lipinski definition) is 0. The van der Waals surface area contributed by atoms with Gasteiger partial charge in [0.2, 0.25) is 0 Å². The van der Waals surface area contributed by atoms with Crippen LogP contribution in [0.5, 0.6) is 0 Å². The minimum atomic E-state index is -0.397. The Bertz CT molecular complexity index is 1010. The summed E-state index contributed by atoms with van der Waals surface area (Å²) in [6.45, 7) is 2.60. The maximum absolute atomic E-state index is 12.6. The van der Waals surface area contributed by atoms with Crippen LogP contribution in [0.4, 0.5) is 10.8 Å². The van der Waals surface area contributed by atoms with Gasteiger partial charge in [-0.1, -0.05) is 27.3 Å². The predicted molar refractivity (Wildman–Crippen MR) is 109 cm³/mol. The van der Waals surface area contributed by atoms with Crippen LogP contribution >= 0.6 is 27.3 Å². The number of anilines is 1. The topological polar surface area (TPSA) is 79.6 Å². The number of piperazine rings is 1. The van der Waals surface area contributed by atoms with Crippen molar-refractivity contribution in [2.24, 2.45) is 0 Å². The number of nitrogens with zero attached hydrogens (tertiary/aromatic N) is 4. The molecule has 0 unspecified atom stereocenters. The molecule has 0 atom stereocenters. The summed E-state index contributed by atoms with van der Waals surface area (Å²) in [5.41, 5.74) is 1.51. The molecule has 1 amide bonds. The van der Waals surface area contributed by atoms with E-state index in [0.717, 1.165) is 19.8 Å². The summed E-state index contributed by atoms with van der Waals surface area (Å²) in [5.74, 6) is 0.0297. The second kappa shape index (κ2) is 7.24. The van der Waals surface area contributed by atoms with Gasteiger partial charge in [0.05, 0.1) is 15.1 Å². The van der Waals surface area contributed by atoms with Crippen LogP contribution in [-0.4, -0.2) is 46.9 Å².